The first kappa shape index (κ1) is 24.0. The van der Waals surface area contributed by atoms with Crippen LogP contribution in [0.2, 0.25) is 0 Å². The second-order valence-electron chi connectivity index (χ2n) is 7.28. The Hall–Kier alpha value is -2.31. The second kappa shape index (κ2) is 13.1. The molecule has 0 aliphatic rings. The molecule has 1 atom stereocenters. The highest BCUT2D eigenvalue weighted by Gasteiger charge is 2.25. The molecule has 5 nitrogen and oxygen atoms in total. The fourth-order valence-corrected chi connectivity index (χ4v) is 4.06. The van der Waals surface area contributed by atoms with E-state index in [1.54, 1.807) is 16.7 Å². The first-order valence-corrected chi connectivity index (χ1v) is 11.4. The third-order valence-corrected chi connectivity index (χ3v) is 5.84. The summed E-state index contributed by atoms with van der Waals surface area (Å²) in [5.74, 6) is 0.00590. The van der Waals surface area contributed by atoms with E-state index in [1.807, 2.05) is 30.3 Å². The number of amides is 2. The first-order chi connectivity index (χ1) is 14.5. The van der Waals surface area contributed by atoms with Crippen LogP contribution in [0.4, 0.5) is 0 Å². The van der Waals surface area contributed by atoms with Crippen molar-refractivity contribution in [3.05, 3.63) is 65.7 Å². The Morgan fingerprint density at radius 3 is 2.37 bits per heavy atom. The number of unbranched alkanes of at least 4 members (excludes halogenated alkanes) is 1. The van der Waals surface area contributed by atoms with Gasteiger partial charge in [-0.05, 0) is 36.1 Å². The average Bonchev–Trinajstić information content (AvgIpc) is 2.75. The van der Waals surface area contributed by atoms with Gasteiger partial charge in [-0.2, -0.15) is 0 Å². The van der Waals surface area contributed by atoms with E-state index >= 15 is 0 Å². The number of nitrogens with one attached hydrogen (secondary N) is 1. The Morgan fingerprint density at radius 1 is 1.07 bits per heavy atom. The van der Waals surface area contributed by atoms with Crippen LogP contribution in [0.15, 0.2) is 59.5 Å². The van der Waals surface area contributed by atoms with Crippen molar-refractivity contribution < 1.29 is 14.7 Å². The lowest BCUT2D eigenvalue weighted by Gasteiger charge is -2.27. The van der Waals surface area contributed by atoms with Gasteiger partial charge in [-0.15, -0.1) is 11.8 Å². The maximum Gasteiger partial charge on any atom is 0.246 e. The van der Waals surface area contributed by atoms with E-state index in [2.05, 4.69) is 36.5 Å². The van der Waals surface area contributed by atoms with Gasteiger partial charge in [-0.1, -0.05) is 55.8 Å². The van der Waals surface area contributed by atoms with Gasteiger partial charge < -0.3 is 15.3 Å². The Bertz CT molecular complexity index is 781. The van der Waals surface area contributed by atoms with E-state index in [1.165, 1.54) is 25.3 Å². The molecule has 1 unspecified atom stereocenters. The zero-order valence-corrected chi connectivity index (χ0v) is 18.7. The van der Waals surface area contributed by atoms with Crippen molar-refractivity contribution in [3.8, 4) is 0 Å². The molecule has 2 rings (SSSR count). The lowest BCUT2D eigenvalue weighted by molar-refractivity contribution is -0.136. The van der Waals surface area contributed by atoms with E-state index < -0.39 is 6.04 Å². The lowest BCUT2D eigenvalue weighted by atomic mass is 10.1. The monoisotopic (exact) mass is 428 g/mol. The molecule has 30 heavy (non-hydrogen) atoms. The van der Waals surface area contributed by atoms with Gasteiger partial charge in [0.15, 0.2) is 0 Å². The summed E-state index contributed by atoms with van der Waals surface area (Å²) in [6, 6.07) is 17.4. The van der Waals surface area contributed by atoms with Gasteiger partial charge >= 0.3 is 0 Å². The zero-order chi connectivity index (χ0) is 21.8. The molecular weight excluding hydrogens is 396 g/mol. The number of aryl methyl sites for hydroxylation is 1. The van der Waals surface area contributed by atoms with Crippen molar-refractivity contribution in [2.24, 2.45) is 0 Å². The van der Waals surface area contributed by atoms with Crippen molar-refractivity contribution >= 4 is 23.6 Å². The Labute approximate surface area is 183 Å². The van der Waals surface area contributed by atoms with E-state index in [-0.39, 0.29) is 25.0 Å². The number of hydrogen-bond donors (Lipinski definition) is 2. The molecule has 0 spiro atoms. The Balaban J connectivity index is 2.04. The van der Waals surface area contributed by atoms with Gasteiger partial charge in [0.25, 0.3) is 0 Å². The first-order valence-electron chi connectivity index (χ1n) is 10.5. The van der Waals surface area contributed by atoms with Crippen molar-refractivity contribution in [3.63, 3.8) is 0 Å². The molecule has 0 heterocycles. The third kappa shape index (κ3) is 8.20. The molecule has 0 fully saturated rings. The molecule has 162 valence electrons. The number of carbonyl (C=O) groups excluding carboxylic acids is 2. The number of carbonyl (C=O) groups is 2. The predicted octanol–water partition coefficient (Wildman–Crippen LogP) is 3.65. The zero-order valence-electron chi connectivity index (χ0n) is 17.8. The van der Waals surface area contributed by atoms with Crippen LogP contribution in [-0.2, 0) is 22.6 Å². The average molecular weight is 429 g/mol. The largest absolute Gasteiger partial charge is 0.395 e. The summed E-state index contributed by atoms with van der Waals surface area (Å²) in [4.78, 5) is 27.5. The number of thioether (sulfide) groups is 1. The van der Waals surface area contributed by atoms with Crippen LogP contribution in [0.25, 0.3) is 0 Å². The van der Waals surface area contributed by atoms with Crippen LogP contribution in [0.3, 0.4) is 0 Å². The highest BCUT2D eigenvalue weighted by atomic mass is 32.2. The Kier molecular flexibility index (Phi) is 10.5. The minimum atomic E-state index is -0.650. The molecule has 0 aliphatic heterocycles. The maximum absolute atomic E-state index is 13.2. The van der Waals surface area contributed by atoms with E-state index in [9.17, 15) is 14.7 Å². The quantitative estimate of drug-likeness (QED) is 0.507. The van der Waals surface area contributed by atoms with Gasteiger partial charge in [0.05, 0.1) is 6.61 Å². The van der Waals surface area contributed by atoms with Crippen LogP contribution < -0.4 is 5.32 Å². The molecule has 0 saturated heterocycles. The number of rotatable bonds is 12. The van der Waals surface area contributed by atoms with Crippen molar-refractivity contribution in [2.75, 3.05) is 18.9 Å². The molecule has 0 radical (unpaired) electrons. The highest BCUT2D eigenvalue weighted by Crippen LogP contribution is 2.21. The second-order valence-corrected chi connectivity index (χ2v) is 8.37. The van der Waals surface area contributed by atoms with Crippen molar-refractivity contribution in [1.82, 2.24) is 10.2 Å². The van der Waals surface area contributed by atoms with Gasteiger partial charge in [0, 0.05) is 30.7 Å². The summed E-state index contributed by atoms with van der Waals surface area (Å²) in [7, 11) is 0. The van der Waals surface area contributed by atoms with Gasteiger partial charge in [0.2, 0.25) is 11.8 Å². The topological polar surface area (TPSA) is 69.6 Å². The molecule has 0 bridgehead atoms. The van der Waals surface area contributed by atoms with Crippen molar-refractivity contribution in [2.45, 2.75) is 50.6 Å². The number of hydrogen-bond acceptors (Lipinski definition) is 4. The van der Waals surface area contributed by atoms with E-state index in [0.717, 1.165) is 16.9 Å². The van der Waals surface area contributed by atoms with Crippen LogP contribution in [0.5, 0.6) is 0 Å². The molecule has 2 aromatic carbocycles. The maximum atomic E-state index is 13.2. The van der Waals surface area contributed by atoms with Crippen LogP contribution in [-0.4, -0.2) is 46.8 Å². The van der Waals surface area contributed by atoms with Gasteiger partial charge in [0.1, 0.15) is 6.04 Å². The highest BCUT2D eigenvalue weighted by molar-refractivity contribution is 7.99. The smallest absolute Gasteiger partial charge is 0.246 e. The minimum absolute atomic E-state index is 0.127. The summed E-state index contributed by atoms with van der Waals surface area (Å²) in [5, 5.41) is 12.2. The third-order valence-electron chi connectivity index (χ3n) is 4.73. The molecule has 0 aromatic heterocycles. The summed E-state index contributed by atoms with van der Waals surface area (Å²) in [6.07, 6.45) is 3.42. The molecule has 2 aromatic rings. The summed E-state index contributed by atoms with van der Waals surface area (Å²) >= 11 is 1.55. The molecule has 2 amide bonds. The molecular formula is C24H32N2O3S. The number of nitrogens with zero attached hydrogens (tertiary/aromatic N) is 1. The predicted molar refractivity (Wildman–Crippen MR) is 122 cm³/mol. The van der Waals surface area contributed by atoms with Gasteiger partial charge in [-0.25, -0.2) is 0 Å². The Morgan fingerprint density at radius 2 is 1.77 bits per heavy atom. The number of benzene rings is 2. The van der Waals surface area contributed by atoms with Crippen molar-refractivity contribution in [1.29, 1.82) is 0 Å². The fourth-order valence-electron chi connectivity index (χ4n) is 3.14. The van der Waals surface area contributed by atoms with E-state index in [4.69, 9.17) is 0 Å². The number of aliphatic hydroxyl groups excluding tert-OH is 1. The summed E-state index contributed by atoms with van der Waals surface area (Å²) < 4.78 is 0. The molecule has 0 aliphatic carbocycles. The van der Waals surface area contributed by atoms with Crippen LogP contribution in [0, 0.1) is 0 Å². The summed E-state index contributed by atoms with van der Waals surface area (Å²) in [5.41, 5.74) is 2.30. The lowest BCUT2D eigenvalue weighted by Crippen LogP contribution is -2.49. The normalized spacial score (nSPS) is 11.7. The van der Waals surface area contributed by atoms with Gasteiger partial charge in [-0.3, -0.25) is 9.59 Å². The van der Waals surface area contributed by atoms with Crippen LogP contribution in [0.1, 0.15) is 37.8 Å². The summed E-state index contributed by atoms with van der Waals surface area (Å²) in [6.45, 7) is 4.09. The van der Waals surface area contributed by atoms with Crippen LogP contribution >= 0.6 is 11.8 Å². The minimum Gasteiger partial charge on any atom is -0.395 e. The van der Waals surface area contributed by atoms with E-state index in [0.29, 0.717) is 12.3 Å². The standard InChI is InChI=1S/C24H32N2O3S/c1-3-4-8-20-11-13-22(14-12-20)30-18-23(25-19(2)28)24(29)26(15-16-27)17-21-9-6-5-7-10-21/h5-7,9-14,23,27H,3-4,8,15-18H2,1-2H3,(H,25,28). The molecule has 0 saturated carbocycles. The SMILES string of the molecule is CCCCc1ccc(SCC(NC(C)=O)C(=O)N(CCO)Cc2ccccc2)cc1. The molecule has 6 heteroatoms. The fraction of sp³-hybridized carbons (Fsp3) is 0.417. The molecule has 2 N–H and O–H groups in total. The number of aliphatic hydroxyl groups is 1.